The highest BCUT2D eigenvalue weighted by Crippen LogP contribution is 2.26. The Morgan fingerprint density at radius 2 is 1.96 bits per heavy atom. The number of nitrogens with zero attached hydrogens (tertiary/aromatic N) is 2. The number of nitrogens with one attached hydrogen (secondary N) is 1. The summed E-state index contributed by atoms with van der Waals surface area (Å²) < 4.78 is 0. The van der Waals surface area contributed by atoms with Crippen LogP contribution in [0.15, 0.2) is 53.6 Å². The number of carbonyl (C=O) groups is 2. The Morgan fingerprint density at radius 1 is 1.24 bits per heavy atom. The Morgan fingerprint density at radius 3 is 2.68 bits per heavy atom. The Bertz CT molecular complexity index is 821. The van der Waals surface area contributed by atoms with Crippen LogP contribution in [0.3, 0.4) is 0 Å². The van der Waals surface area contributed by atoms with Gasteiger partial charge < -0.3 is 10.0 Å². The summed E-state index contributed by atoms with van der Waals surface area (Å²) in [5, 5.41) is 14.1. The first-order valence-electron chi connectivity index (χ1n) is 7.71. The average Bonchev–Trinajstić information content (AvgIpc) is 2.99. The molecule has 0 aromatic heterocycles. The van der Waals surface area contributed by atoms with E-state index in [0.29, 0.717) is 22.8 Å². The fraction of sp³-hybridized carbons (Fsp3) is 0.167. The van der Waals surface area contributed by atoms with Crippen LogP contribution in [0.1, 0.15) is 12.0 Å². The predicted molar refractivity (Wildman–Crippen MR) is 95.8 cm³/mol. The number of phenols is 1. The van der Waals surface area contributed by atoms with Crippen molar-refractivity contribution >= 4 is 35.3 Å². The molecule has 2 aromatic carbocycles. The van der Waals surface area contributed by atoms with E-state index in [-0.39, 0.29) is 24.0 Å². The third kappa shape index (κ3) is 3.97. The van der Waals surface area contributed by atoms with Gasteiger partial charge in [-0.3, -0.25) is 9.59 Å². The minimum absolute atomic E-state index is 0.0745. The van der Waals surface area contributed by atoms with E-state index < -0.39 is 5.92 Å². The first-order chi connectivity index (χ1) is 12.0. The summed E-state index contributed by atoms with van der Waals surface area (Å²) in [6, 6.07) is 13.6. The number of phenolic OH excluding ortho intramolecular Hbond substituents is 1. The second-order valence-corrected chi connectivity index (χ2v) is 6.11. The molecular weight excluding hydrogens is 342 g/mol. The third-order valence-electron chi connectivity index (χ3n) is 3.95. The van der Waals surface area contributed by atoms with Crippen molar-refractivity contribution in [2.45, 2.75) is 6.42 Å². The van der Waals surface area contributed by atoms with Crippen molar-refractivity contribution in [2.24, 2.45) is 11.0 Å². The SMILES string of the molecule is O=C(NN=Cc1ccccc1O)C1CC(=O)N(c2ccc(Cl)cc2)C1. The van der Waals surface area contributed by atoms with Crippen LogP contribution in [-0.2, 0) is 9.59 Å². The van der Waals surface area contributed by atoms with Gasteiger partial charge in [0.05, 0.1) is 12.1 Å². The highest BCUT2D eigenvalue weighted by molar-refractivity contribution is 6.30. The van der Waals surface area contributed by atoms with Crippen molar-refractivity contribution < 1.29 is 14.7 Å². The second kappa shape index (κ2) is 7.36. The van der Waals surface area contributed by atoms with E-state index in [0.717, 1.165) is 0 Å². The molecule has 0 saturated carbocycles. The number of para-hydroxylation sites is 1. The molecule has 128 valence electrons. The first kappa shape index (κ1) is 17.0. The molecule has 1 unspecified atom stereocenters. The summed E-state index contributed by atoms with van der Waals surface area (Å²) in [4.78, 5) is 25.9. The zero-order valence-corrected chi connectivity index (χ0v) is 14.0. The lowest BCUT2D eigenvalue weighted by Gasteiger charge is -2.16. The second-order valence-electron chi connectivity index (χ2n) is 5.67. The van der Waals surface area contributed by atoms with Gasteiger partial charge >= 0.3 is 0 Å². The average molecular weight is 358 g/mol. The largest absolute Gasteiger partial charge is 0.507 e. The van der Waals surface area contributed by atoms with Gasteiger partial charge in [-0.2, -0.15) is 5.10 Å². The number of rotatable bonds is 4. The molecule has 6 nitrogen and oxygen atoms in total. The molecule has 25 heavy (non-hydrogen) atoms. The number of hydrazone groups is 1. The van der Waals surface area contributed by atoms with Crippen molar-refractivity contribution in [1.29, 1.82) is 0 Å². The monoisotopic (exact) mass is 357 g/mol. The zero-order chi connectivity index (χ0) is 17.8. The van der Waals surface area contributed by atoms with Crippen LogP contribution in [0.2, 0.25) is 5.02 Å². The molecule has 0 aliphatic carbocycles. The van der Waals surface area contributed by atoms with E-state index in [4.69, 9.17) is 11.6 Å². The highest BCUT2D eigenvalue weighted by Gasteiger charge is 2.35. The molecule has 1 aliphatic heterocycles. The molecule has 3 rings (SSSR count). The first-order valence-corrected chi connectivity index (χ1v) is 8.09. The van der Waals surface area contributed by atoms with E-state index in [1.807, 2.05) is 0 Å². The maximum Gasteiger partial charge on any atom is 0.245 e. The fourth-order valence-corrected chi connectivity index (χ4v) is 2.73. The van der Waals surface area contributed by atoms with Gasteiger partial charge in [-0.25, -0.2) is 5.43 Å². The van der Waals surface area contributed by atoms with Crippen LogP contribution in [-0.4, -0.2) is 29.7 Å². The zero-order valence-electron chi connectivity index (χ0n) is 13.2. The normalized spacial score (nSPS) is 17.2. The fourth-order valence-electron chi connectivity index (χ4n) is 2.61. The van der Waals surface area contributed by atoms with Gasteiger partial charge in [-0.05, 0) is 36.4 Å². The molecule has 1 fully saturated rings. The Labute approximate surface area is 149 Å². The molecule has 1 saturated heterocycles. The number of hydrogen-bond acceptors (Lipinski definition) is 4. The summed E-state index contributed by atoms with van der Waals surface area (Å²) >= 11 is 5.85. The summed E-state index contributed by atoms with van der Waals surface area (Å²) in [7, 11) is 0. The van der Waals surface area contributed by atoms with Crippen LogP contribution in [0.4, 0.5) is 5.69 Å². The number of aromatic hydroxyl groups is 1. The quantitative estimate of drug-likeness (QED) is 0.651. The van der Waals surface area contributed by atoms with Crippen LogP contribution in [0.5, 0.6) is 5.75 Å². The smallest absolute Gasteiger partial charge is 0.245 e. The van der Waals surface area contributed by atoms with E-state index in [1.165, 1.54) is 12.3 Å². The number of halogens is 1. The number of anilines is 1. The van der Waals surface area contributed by atoms with Gasteiger partial charge in [0.25, 0.3) is 0 Å². The molecule has 2 amide bonds. The third-order valence-corrected chi connectivity index (χ3v) is 4.20. The van der Waals surface area contributed by atoms with Gasteiger partial charge in [-0.1, -0.05) is 23.7 Å². The van der Waals surface area contributed by atoms with E-state index in [9.17, 15) is 14.7 Å². The van der Waals surface area contributed by atoms with Crippen molar-refractivity contribution in [3.8, 4) is 5.75 Å². The summed E-state index contributed by atoms with van der Waals surface area (Å²) in [5.74, 6) is -0.862. The maximum absolute atomic E-state index is 12.2. The lowest BCUT2D eigenvalue weighted by Crippen LogP contribution is -2.30. The molecule has 0 bridgehead atoms. The van der Waals surface area contributed by atoms with E-state index in [1.54, 1.807) is 47.4 Å². The molecule has 1 aliphatic rings. The van der Waals surface area contributed by atoms with Gasteiger partial charge in [0, 0.05) is 29.2 Å². The van der Waals surface area contributed by atoms with Gasteiger partial charge in [-0.15, -0.1) is 0 Å². The Balaban J connectivity index is 1.61. The molecule has 0 radical (unpaired) electrons. The lowest BCUT2D eigenvalue weighted by molar-refractivity contribution is -0.126. The number of hydrogen-bond donors (Lipinski definition) is 2. The maximum atomic E-state index is 12.2. The van der Waals surface area contributed by atoms with Crippen molar-refractivity contribution in [3.63, 3.8) is 0 Å². The van der Waals surface area contributed by atoms with Crippen molar-refractivity contribution in [3.05, 3.63) is 59.1 Å². The predicted octanol–water partition coefficient (Wildman–Crippen LogP) is 2.55. The molecule has 1 heterocycles. The van der Waals surface area contributed by atoms with Crippen LogP contribution in [0.25, 0.3) is 0 Å². The van der Waals surface area contributed by atoms with Crippen LogP contribution in [0, 0.1) is 5.92 Å². The highest BCUT2D eigenvalue weighted by atomic mass is 35.5. The summed E-state index contributed by atoms with van der Waals surface area (Å²) in [6.45, 7) is 0.290. The standard InChI is InChI=1S/C18H16ClN3O3/c19-14-5-7-15(8-6-14)22-11-13(9-17(22)24)18(25)21-20-10-12-3-1-2-4-16(12)23/h1-8,10,13,23H,9,11H2,(H,21,25). The molecule has 7 heteroatoms. The topological polar surface area (TPSA) is 82.0 Å². The van der Waals surface area contributed by atoms with Crippen molar-refractivity contribution in [1.82, 2.24) is 5.43 Å². The number of benzene rings is 2. The lowest BCUT2D eigenvalue weighted by atomic mass is 10.1. The van der Waals surface area contributed by atoms with Crippen LogP contribution >= 0.6 is 11.6 Å². The Kier molecular flexibility index (Phi) is 5.00. The molecular formula is C18H16ClN3O3. The van der Waals surface area contributed by atoms with E-state index >= 15 is 0 Å². The molecule has 0 spiro atoms. The van der Waals surface area contributed by atoms with Gasteiger partial charge in [0.2, 0.25) is 11.8 Å². The van der Waals surface area contributed by atoms with Crippen LogP contribution < -0.4 is 10.3 Å². The number of carbonyl (C=O) groups excluding carboxylic acids is 2. The molecule has 1 atom stereocenters. The number of amides is 2. The van der Waals surface area contributed by atoms with Crippen molar-refractivity contribution in [2.75, 3.05) is 11.4 Å². The van der Waals surface area contributed by atoms with E-state index in [2.05, 4.69) is 10.5 Å². The minimum Gasteiger partial charge on any atom is -0.507 e. The molecule has 2 aromatic rings. The summed E-state index contributed by atoms with van der Waals surface area (Å²) in [6.07, 6.45) is 1.49. The minimum atomic E-state index is -0.482. The van der Waals surface area contributed by atoms with Gasteiger partial charge in [0.1, 0.15) is 5.75 Å². The Hall–Kier alpha value is -2.86. The molecule has 2 N–H and O–H groups in total. The van der Waals surface area contributed by atoms with Gasteiger partial charge in [0.15, 0.2) is 0 Å². The summed E-state index contributed by atoms with van der Waals surface area (Å²) in [5.41, 5.74) is 3.63.